The number of anilines is 1. The molecular weight excluding hydrogens is 413 g/mol. The summed E-state index contributed by atoms with van der Waals surface area (Å²) in [4.78, 5) is 27.6. The Morgan fingerprint density at radius 3 is 2.41 bits per heavy atom. The first-order valence-corrected chi connectivity index (χ1v) is 9.67. The van der Waals surface area contributed by atoms with Crippen LogP contribution in [0.3, 0.4) is 0 Å². The molecule has 0 aliphatic rings. The van der Waals surface area contributed by atoms with Crippen molar-refractivity contribution in [2.75, 3.05) is 5.32 Å². The zero-order valence-electron chi connectivity index (χ0n) is 14.8. The van der Waals surface area contributed by atoms with E-state index in [1.54, 1.807) is 0 Å². The van der Waals surface area contributed by atoms with E-state index in [0.29, 0.717) is 17.1 Å². The van der Waals surface area contributed by atoms with Crippen molar-refractivity contribution in [3.05, 3.63) is 58.5 Å². The molecule has 0 bridgehead atoms. The van der Waals surface area contributed by atoms with Crippen LogP contribution in [-0.4, -0.2) is 30.3 Å². The number of aromatic nitrogens is 2. The van der Waals surface area contributed by atoms with Crippen LogP contribution in [0.1, 0.15) is 12.5 Å². The number of sulfonamides is 1. The Balaban J connectivity index is 1.79. The second-order valence-corrected chi connectivity index (χ2v) is 7.85. The summed E-state index contributed by atoms with van der Waals surface area (Å²) in [7, 11) is -4.63. The van der Waals surface area contributed by atoms with Gasteiger partial charge in [-0.2, -0.15) is 17.9 Å². The maximum absolute atomic E-state index is 13.1. The molecule has 12 heteroatoms. The molecule has 0 saturated heterocycles. The lowest BCUT2D eigenvalue weighted by atomic mass is 10.2. The van der Waals surface area contributed by atoms with Gasteiger partial charge in [-0.05, 0) is 37.3 Å². The molecule has 8 nitrogen and oxygen atoms in total. The van der Waals surface area contributed by atoms with Crippen LogP contribution in [0.15, 0.2) is 52.2 Å². The standard InChI is InChI=1S/C17H15F3N4O4S/c1-9(15(25)21-10-6-7-12-13(8-10)23-16(26)22-12)24-29(27,28)14-5-3-2-4-11(14)17(18,19)20/h2-9,24H,1H3,(H,21,25)(H2,22,23,26)/t9-/m1/s1. The first kappa shape index (κ1) is 20.6. The maximum Gasteiger partial charge on any atom is 0.417 e. The van der Waals surface area contributed by atoms with E-state index in [1.165, 1.54) is 25.1 Å². The summed E-state index contributed by atoms with van der Waals surface area (Å²) < 4.78 is 66.0. The van der Waals surface area contributed by atoms with Crippen LogP contribution in [0.2, 0.25) is 0 Å². The third kappa shape index (κ3) is 4.49. The summed E-state index contributed by atoms with van der Waals surface area (Å²) >= 11 is 0. The van der Waals surface area contributed by atoms with Gasteiger partial charge in [0.15, 0.2) is 0 Å². The highest BCUT2D eigenvalue weighted by molar-refractivity contribution is 7.89. The Bertz CT molecular complexity index is 1230. The van der Waals surface area contributed by atoms with Crippen molar-refractivity contribution in [1.29, 1.82) is 0 Å². The number of carbonyl (C=O) groups is 1. The summed E-state index contributed by atoms with van der Waals surface area (Å²) in [5.74, 6) is -0.796. The van der Waals surface area contributed by atoms with Crippen LogP contribution in [0, 0.1) is 0 Å². The second-order valence-electron chi connectivity index (χ2n) is 6.17. The van der Waals surface area contributed by atoms with Crippen molar-refractivity contribution in [2.24, 2.45) is 0 Å². The molecule has 29 heavy (non-hydrogen) atoms. The summed E-state index contributed by atoms with van der Waals surface area (Å²) in [5, 5.41) is 2.44. The number of rotatable bonds is 5. The number of hydrogen-bond donors (Lipinski definition) is 4. The molecule has 1 amide bonds. The largest absolute Gasteiger partial charge is 0.417 e. The highest BCUT2D eigenvalue weighted by Gasteiger charge is 2.37. The smallest absolute Gasteiger partial charge is 0.325 e. The van der Waals surface area contributed by atoms with Crippen molar-refractivity contribution in [2.45, 2.75) is 24.0 Å². The van der Waals surface area contributed by atoms with Gasteiger partial charge in [-0.25, -0.2) is 13.2 Å². The van der Waals surface area contributed by atoms with Gasteiger partial charge in [-0.15, -0.1) is 0 Å². The zero-order chi connectivity index (χ0) is 21.4. The topological polar surface area (TPSA) is 124 Å². The second kappa shape index (κ2) is 7.37. The number of H-pyrrole nitrogens is 2. The van der Waals surface area contributed by atoms with Gasteiger partial charge < -0.3 is 15.3 Å². The molecule has 0 spiro atoms. The van der Waals surface area contributed by atoms with Crippen LogP contribution < -0.4 is 15.7 Å². The number of imidazole rings is 1. The Labute approximate surface area is 162 Å². The molecule has 0 aliphatic carbocycles. The van der Waals surface area contributed by atoms with Crippen molar-refractivity contribution in [3.8, 4) is 0 Å². The first-order chi connectivity index (χ1) is 13.5. The van der Waals surface area contributed by atoms with Crippen LogP contribution in [0.4, 0.5) is 18.9 Å². The fraction of sp³-hybridized carbons (Fsp3) is 0.176. The molecule has 0 fully saturated rings. The lowest BCUT2D eigenvalue weighted by Crippen LogP contribution is -2.42. The number of hydrogen-bond acceptors (Lipinski definition) is 4. The van der Waals surface area contributed by atoms with Gasteiger partial charge in [0, 0.05) is 5.69 Å². The number of carbonyl (C=O) groups excluding carboxylic acids is 1. The quantitative estimate of drug-likeness (QED) is 0.497. The Morgan fingerprint density at radius 2 is 1.72 bits per heavy atom. The van der Waals surface area contributed by atoms with Gasteiger partial charge in [0.2, 0.25) is 15.9 Å². The Kier molecular flexibility index (Phi) is 5.24. The molecule has 3 rings (SSSR count). The van der Waals surface area contributed by atoms with E-state index in [9.17, 15) is 31.2 Å². The van der Waals surface area contributed by atoms with Crippen LogP contribution in [0.5, 0.6) is 0 Å². The minimum Gasteiger partial charge on any atom is -0.325 e. The van der Waals surface area contributed by atoms with Crippen LogP contribution >= 0.6 is 0 Å². The molecular formula is C17H15F3N4O4S. The molecule has 1 atom stereocenters. The molecule has 4 N–H and O–H groups in total. The molecule has 2 aromatic carbocycles. The van der Waals surface area contributed by atoms with Gasteiger partial charge >= 0.3 is 11.9 Å². The highest BCUT2D eigenvalue weighted by atomic mass is 32.2. The number of alkyl halides is 3. The molecule has 0 aliphatic heterocycles. The predicted octanol–water partition coefficient (Wildman–Crippen LogP) is 2.18. The molecule has 154 valence electrons. The molecule has 0 radical (unpaired) electrons. The normalized spacial score (nSPS) is 13.4. The first-order valence-electron chi connectivity index (χ1n) is 8.19. The van der Waals surface area contributed by atoms with Gasteiger partial charge in [0.25, 0.3) is 0 Å². The average molecular weight is 428 g/mol. The van der Waals surface area contributed by atoms with E-state index in [1.807, 2.05) is 4.72 Å². The maximum atomic E-state index is 13.1. The minimum atomic E-state index is -4.88. The number of nitrogens with one attached hydrogen (secondary N) is 4. The lowest BCUT2D eigenvalue weighted by Gasteiger charge is -2.17. The van der Waals surface area contributed by atoms with Crippen molar-refractivity contribution in [3.63, 3.8) is 0 Å². The van der Waals surface area contributed by atoms with Crippen LogP contribution in [-0.2, 0) is 21.0 Å². The Hall–Kier alpha value is -3.12. The van der Waals surface area contributed by atoms with Crippen LogP contribution in [0.25, 0.3) is 11.0 Å². The summed E-state index contributed by atoms with van der Waals surface area (Å²) in [6.45, 7) is 1.19. The molecule has 1 aromatic heterocycles. The average Bonchev–Trinajstić information content (AvgIpc) is 3.00. The number of aromatic amines is 2. The highest BCUT2D eigenvalue weighted by Crippen LogP contribution is 2.33. The van der Waals surface area contributed by atoms with E-state index < -0.39 is 44.3 Å². The van der Waals surface area contributed by atoms with Crippen molar-refractivity contribution in [1.82, 2.24) is 14.7 Å². The molecule has 3 aromatic rings. The number of halogens is 3. The zero-order valence-corrected chi connectivity index (χ0v) is 15.6. The van der Waals surface area contributed by atoms with E-state index in [-0.39, 0.29) is 5.69 Å². The number of benzene rings is 2. The summed E-state index contributed by atoms with van der Waals surface area (Å²) in [5.41, 5.74) is -0.583. The number of fused-ring (bicyclic) bond motifs is 1. The predicted molar refractivity (Wildman–Crippen MR) is 98.8 cm³/mol. The molecule has 0 saturated carbocycles. The fourth-order valence-corrected chi connectivity index (χ4v) is 4.08. The van der Waals surface area contributed by atoms with E-state index in [0.717, 1.165) is 18.2 Å². The fourth-order valence-electron chi connectivity index (χ4n) is 2.65. The van der Waals surface area contributed by atoms with Crippen molar-refractivity contribution >= 4 is 32.7 Å². The van der Waals surface area contributed by atoms with E-state index in [2.05, 4.69) is 15.3 Å². The minimum absolute atomic E-state index is 0.263. The number of amides is 1. The Morgan fingerprint density at radius 1 is 1.07 bits per heavy atom. The summed E-state index contributed by atoms with van der Waals surface area (Å²) in [6.07, 6.45) is -4.88. The monoisotopic (exact) mass is 428 g/mol. The van der Waals surface area contributed by atoms with Gasteiger partial charge in [0.05, 0.1) is 27.5 Å². The SMILES string of the molecule is C[C@@H](NS(=O)(=O)c1ccccc1C(F)(F)F)C(=O)Nc1ccc2[nH]c(=O)[nH]c2c1. The summed E-state index contributed by atoms with van der Waals surface area (Å²) in [6, 6.07) is 6.76. The van der Waals surface area contributed by atoms with Gasteiger partial charge in [-0.1, -0.05) is 12.1 Å². The van der Waals surface area contributed by atoms with Gasteiger partial charge in [0.1, 0.15) is 0 Å². The third-order valence-corrected chi connectivity index (χ3v) is 5.59. The van der Waals surface area contributed by atoms with Gasteiger partial charge in [-0.3, -0.25) is 4.79 Å². The van der Waals surface area contributed by atoms with Crippen molar-refractivity contribution < 1.29 is 26.4 Å². The molecule has 0 unspecified atom stereocenters. The third-order valence-electron chi connectivity index (χ3n) is 3.99. The van der Waals surface area contributed by atoms with E-state index in [4.69, 9.17) is 0 Å². The molecule has 1 heterocycles. The van der Waals surface area contributed by atoms with E-state index >= 15 is 0 Å². The lowest BCUT2D eigenvalue weighted by molar-refractivity contribution is -0.139.